The van der Waals surface area contributed by atoms with Gasteiger partial charge in [-0.05, 0) is 40.4 Å². The summed E-state index contributed by atoms with van der Waals surface area (Å²) in [6.45, 7) is 0. The normalized spacial score (nSPS) is 10.6. The zero-order chi connectivity index (χ0) is 9.26. The zero-order valence-corrected chi connectivity index (χ0v) is 9.52. The van der Waals surface area contributed by atoms with Crippen LogP contribution in [-0.4, -0.2) is 11.2 Å². The highest BCUT2D eigenvalue weighted by atomic mass is 79.9. The van der Waals surface area contributed by atoms with Gasteiger partial charge in [-0.15, -0.1) is 11.8 Å². The minimum absolute atomic E-state index is 1.02. The largest absolute Gasteiger partial charge is 0.255 e. The monoisotopic (exact) mass is 253 g/mol. The molecule has 2 rings (SSSR count). The molecule has 0 saturated heterocycles. The van der Waals surface area contributed by atoms with Crippen molar-refractivity contribution in [3.05, 3.63) is 34.9 Å². The summed E-state index contributed by atoms with van der Waals surface area (Å²) in [7, 11) is 0. The maximum Gasteiger partial charge on any atom is 0.0713 e. The molecule has 2 aromatic rings. The summed E-state index contributed by atoms with van der Waals surface area (Å²) < 4.78 is 1.02. The third-order valence-electron chi connectivity index (χ3n) is 1.86. The van der Waals surface area contributed by atoms with Gasteiger partial charge in [-0.1, -0.05) is 6.07 Å². The first-order valence-corrected chi connectivity index (χ1v) is 5.90. The molecule has 1 nitrogen and oxygen atoms in total. The Morgan fingerprint density at radius 2 is 2.15 bits per heavy atom. The first-order chi connectivity index (χ1) is 6.29. The fourth-order valence-corrected chi connectivity index (χ4v) is 1.98. The van der Waals surface area contributed by atoms with E-state index in [1.54, 1.807) is 11.8 Å². The van der Waals surface area contributed by atoms with Gasteiger partial charge in [0.1, 0.15) is 0 Å². The highest BCUT2D eigenvalue weighted by molar-refractivity contribution is 9.10. The van der Waals surface area contributed by atoms with Crippen LogP contribution in [0.4, 0.5) is 0 Å². The van der Waals surface area contributed by atoms with Crippen LogP contribution >= 0.6 is 27.7 Å². The number of hydrogen-bond donors (Lipinski definition) is 0. The van der Waals surface area contributed by atoms with Gasteiger partial charge in [-0.25, -0.2) is 0 Å². The van der Waals surface area contributed by atoms with Crippen LogP contribution in [0.15, 0.2) is 39.8 Å². The maximum absolute atomic E-state index is 4.33. The van der Waals surface area contributed by atoms with Crippen LogP contribution < -0.4 is 0 Å². The number of rotatable bonds is 1. The van der Waals surface area contributed by atoms with Crippen molar-refractivity contribution in [2.75, 3.05) is 6.26 Å². The predicted octanol–water partition coefficient (Wildman–Crippen LogP) is 3.72. The van der Waals surface area contributed by atoms with E-state index in [2.05, 4.69) is 51.4 Å². The fraction of sp³-hybridized carbons (Fsp3) is 0.100. The highest BCUT2D eigenvalue weighted by Gasteiger charge is 1.97. The molecule has 0 bridgehead atoms. The molecular formula is C10H8BrNS. The molecule has 0 spiro atoms. The van der Waals surface area contributed by atoms with E-state index >= 15 is 0 Å². The van der Waals surface area contributed by atoms with Crippen molar-refractivity contribution in [3.8, 4) is 0 Å². The minimum Gasteiger partial charge on any atom is -0.255 e. The van der Waals surface area contributed by atoms with E-state index in [0.29, 0.717) is 0 Å². The highest BCUT2D eigenvalue weighted by Crippen LogP contribution is 2.22. The lowest BCUT2D eigenvalue weighted by atomic mass is 10.2. The van der Waals surface area contributed by atoms with Gasteiger partial charge in [-0.2, -0.15) is 0 Å². The fourth-order valence-electron chi connectivity index (χ4n) is 1.20. The topological polar surface area (TPSA) is 12.9 Å². The Bertz CT molecular complexity index is 442. The van der Waals surface area contributed by atoms with E-state index in [9.17, 15) is 0 Å². The average Bonchev–Trinajstić information content (AvgIpc) is 2.17. The van der Waals surface area contributed by atoms with E-state index in [4.69, 9.17) is 0 Å². The summed E-state index contributed by atoms with van der Waals surface area (Å²) in [4.78, 5) is 5.58. The molecule has 0 radical (unpaired) electrons. The second kappa shape index (κ2) is 3.68. The third kappa shape index (κ3) is 1.86. The van der Waals surface area contributed by atoms with Gasteiger partial charge in [-0.3, -0.25) is 4.98 Å². The van der Waals surface area contributed by atoms with Crippen LogP contribution in [0.5, 0.6) is 0 Å². The lowest BCUT2D eigenvalue weighted by molar-refractivity contribution is 1.36. The van der Waals surface area contributed by atoms with E-state index in [0.717, 1.165) is 9.99 Å². The number of aromatic nitrogens is 1. The van der Waals surface area contributed by atoms with Crippen molar-refractivity contribution in [1.82, 2.24) is 4.98 Å². The molecule has 0 saturated carbocycles. The molecule has 0 aliphatic heterocycles. The molecule has 3 heteroatoms. The summed E-state index contributed by atoms with van der Waals surface area (Å²) in [5.74, 6) is 0. The number of halogens is 1. The Morgan fingerprint density at radius 1 is 1.31 bits per heavy atom. The number of hydrogen-bond acceptors (Lipinski definition) is 2. The van der Waals surface area contributed by atoms with E-state index in [1.165, 1.54) is 10.3 Å². The van der Waals surface area contributed by atoms with Crippen LogP contribution in [-0.2, 0) is 0 Å². The van der Waals surface area contributed by atoms with Crippen molar-refractivity contribution in [1.29, 1.82) is 0 Å². The molecule has 0 unspecified atom stereocenters. The van der Waals surface area contributed by atoms with E-state index in [-0.39, 0.29) is 0 Å². The molecule has 1 aromatic carbocycles. The van der Waals surface area contributed by atoms with Crippen molar-refractivity contribution >= 4 is 38.6 Å². The first-order valence-electron chi connectivity index (χ1n) is 3.89. The number of thioether (sulfide) groups is 1. The number of fused-ring (bicyclic) bond motifs is 1. The van der Waals surface area contributed by atoms with Gasteiger partial charge in [0.25, 0.3) is 0 Å². The van der Waals surface area contributed by atoms with Gasteiger partial charge in [0.2, 0.25) is 0 Å². The van der Waals surface area contributed by atoms with Crippen LogP contribution in [0, 0.1) is 0 Å². The van der Waals surface area contributed by atoms with Crippen molar-refractivity contribution in [2.24, 2.45) is 0 Å². The molecule has 66 valence electrons. The second-order valence-electron chi connectivity index (χ2n) is 2.71. The third-order valence-corrected chi connectivity index (χ3v) is 3.02. The lowest BCUT2D eigenvalue weighted by Crippen LogP contribution is -1.79. The molecule has 0 atom stereocenters. The van der Waals surface area contributed by atoms with Crippen molar-refractivity contribution in [2.45, 2.75) is 4.90 Å². The Balaban J connectivity index is 2.66. The van der Waals surface area contributed by atoms with Gasteiger partial charge in [0.15, 0.2) is 0 Å². The van der Waals surface area contributed by atoms with Crippen LogP contribution in [0.2, 0.25) is 0 Å². The maximum atomic E-state index is 4.33. The standard InChI is InChI=1S/C10H8BrNS/c1-13-9-3-2-7-4-8(11)6-12-10(7)5-9/h2-6H,1H3. The van der Waals surface area contributed by atoms with E-state index < -0.39 is 0 Å². The van der Waals surface area contributed by atoms with Gasteiger partial charge >= 0.3 is 0 Å². The molecule has 0 amide bonds. The summed E-state index contributed by atoms with van der Waals surface area (Å²) >= 11 is 5.14. The quantitative estimate of drug-likeness (QED) is 0.719. The second-order valence-corrected chi connectivity index (χ2v) is 4.51. The minimum atomic E-state index is 1.02. The van der Waals surface area contributed by atoms with Crippen LogP contribution in [0.25, 0.3) is 10.9 Å². The molecule has 0 aliphatic carbocycles. The lowest BCUT2D eigenvalue weighted by Gasteiger charge is -1.99. The Morgan fingerprint density at radius 3 is 2.92 bits per heavy atom. The van der Waals surface area contributed by atoms with E-state index in [1.807, 2.05) is 6.20 Å². The number of pyridine rings is 1. The summed E-state index contributed by atoms with van der Waals surface area (Å²) in [5.41, 5.74) is 1.05. The Hall–Kier alpha value is -0.540. The number of nitrogens with zero attached hydrogens (tertiary/aromatic N) is 1. The van der Waals surface area contributed by atoms with Gasteiger partial charge in [0, 0.05) is 21.0 Å². The van der Waals surface area contributed by atoms with Crippen LogP contribution in [0.1, 0.15) is 0 Å². The SMILES string of the molecule is CSc1ccc2cc(Br)cnc2c1. The molecular weight excluding hydrogens is 246 g/mol. The summed E-state index contributed by atoms with van der Waals surface area (Å²) in [5, 5.41) is 1.17. The average molecular weight is 254 g/mol. The van der Waals surface area contributed by atoms with Crippen LogP contribution in [0.3, 0.4) is 0 Å². The number of benzene rings is 1. The molecule has 0 aliphatic rings. The molecule has 0 fully saturated rings. The van der Waals surface area contributed by atoms with Crippen molar-refractivity contribution in [3.63, 3.8) is 0 Å². The van der Waals surface area contributed by atoms with Crippen molar-refractivity contribution < 1.29 is 0 Å². The zero-order valence-electron chi connectivity index (χ0n) is 7.12. The molecule has 1 aromatic heterocycles. The Labute approximate surface area is 89.7 Å². The smallest absolute Gasteiger partial charge is 0.0713 e. The molecule has 0 N–H and O–H groups in total. The first kappa shape index (κ1) is 9.03. The molecule has 1 heterocycles. The summed E-state index contributed by atoms with van der Waals surface area (Å²) in [6.07, 6.45) is 3.90. The van der Waals surface area contributed by atoms with Gasteiger partial charge in [0.05, 0.1) is 5.52 Å². The predicted molar refractivity (Wildman–Crippen MR) is 61.2 cm³/mol. The molecule has 13 heavy (non-hydrogen) atoms. The summed E-state index contributed by atoms with van der Waals surface area (Å²) in [6, 6.07) is 8.39. The Kier molecular flexibility index (Phi) is 2.56. The van der Waals surface area contributed by atoms with Gasteiger partial charge < -0.3 is 0 Å².